The van der Waals surface area contributed by atoms with E-state index in [1.165, 1.54) is 19.3 Å². The van der Waals surface area contributed by atoms with Crippen molar-refractivity contribution in [3.05, 3.63) is 36.2 Å². The molecule has 1 aromatic heterocycles. The third-order valence-corrected chi connectivity index (χ3v) is 4.10. The van der Waals surface area contributed by atoms with Gasteiger partial charge in [-0.25, -0.2) is 0 Å². The summed E-state index contributed by atoms with van der Waals surface area (Å²) in [5, 5.41) is 7.66. The molecule has 0 unspecified atom stereocenters. The quantitative estimate of drug-likeness (QED) is 0.877. The Labute approximate surface area is 105 Å². The molecule has 1 saturated carbocycles. The van der Waals surface area contributed by atoms with Crippen LogP contribution < -0.4 is 5.32 Å². The Morgan fingerprint density at radius 1 is 1.17 bits per heavy atom. The molecule has 2 heterocycles. The van der Waals surface area contributed by atoms with Crippen molar-refractivity contribution in [1.29, 1.82) is 0 Å². The van der Waals surface area contributed by atoms with Crippen molar-refractivity contribution in [2.24, 2.45) is 5.92 Å². The Morgan fingerprint density at radius 3 is 2.78 bits per heavy atom. The van der Waals surface area contributed by atoms with Gasteiger partial charge in [-0.15, -0.1) is 0 Å². The molecule has 0 radical (unpaired) electrons. The summed E-state index contributed by atoms with van der Waals surface area (Å²) in [6.07, 6.45) is 3.83. The molecule has 1 aromatic carbocycles. The summed E-state index contributed by atoms with van der Waals surface area (Å²) >= 11 is 0. The van der Waals surface area contributed by atoms with Gasteiger partial charge in [-0.05, 0) is 25.2 Å². The zero-order chi connectivity index (χ0) is 11.9. The topological polar surface area (TPSA) is 51.0 Å². The SMILES string of the molecule is c1ccc(-c2noc([C@H]3N[C@@H]4CC[C@H]3C4)n2)cc1. The maximum Gasteiger partial charge on any atom is 0.244 e. The molecule has 2 aliphatic rings. The van der Waals surface area contributed by atoms with Crippen molar-refractivity contribution < 1.29 is 4.52 Å². The highest BCUT2D eigenvalue weighted by Crippen LogP contribution is 2.42. The smallest absolute Gasteiger partial charge is 0.244 e. The molecule has 1 N–H and O–H groups in total. The maximum atomic E-state index is 5.43. The minimum Gasteiger partial charge on any atom is -0.337 e. The standard InChI is InChI=1S/C14H15N3O/c1-2-4-9(5-3-1)13-16-14(18-17-13)12-10-6-7-11(8-10)15-12/h1-5,10-12,15H,6-8H2/t10-,11+,12-/m0/s1. The van der Waals surface area contributed by atoms with Crippen LogP contribution in [0.15, 0.2) is 34.9 Å². The first-order valence-corrected chi connectivity index (χ1v) is 6.55. The van der Waals surface area contributed by atoms with E-state index in [-0.39, 0.29) is 6.04 Å². The second kappa shape index (κ2) is 3.92. The lowest BCUT2D eigenvalue weighted by Gasteiger charge is -2.18. The van der Waals surface area contributed by atoms with Gasteiger partial charge in [-0.3, -0.25) is 0 Å². The second-order valence-corrected chi connectivity index (χ2v) is 5.24. The van der Waals surface area contributed by atoms with Crippen molar-refractivity contribution >= 4 is 0 Å². The van der Waals surface area contributed by atoms with Gasteiger partial charge in [0.2, 0.25) is 11.7 Å². The van der Waals surface area contributed by atoms with Crippen LogP contribution in [0.4, 0.5) is 0 Å². The number of nitrogens with zero attached hydrogens (tertiary/aromatic N) is 2. The van der Waals surface area contributed by atoms with E-state index >= 15 is 0 Å². The summed E-state index contributed by atoms with van der Waals surface area (Å²) in [5.74, 6) is 2.12. The number of rotatable bonds is 2. The Bertz CT molecular complexity index is 551. The van der Waals surface area contributed by atoms with Gasteiger partial charge >= 0.3 is 0 Å². The van der Waals surface area contributed by atoms with Crippen molar-refractivity contribution in [2.45, 2.75) is 31.3 Å². The van der Waals surface area contributed by atoms with Gasteiger partial charge in [-0.2, -0.15) is 4.98 Å². The number of benzene rings is 1. The molecule has 1 aliphatic carbocycles. The second-order valence-electron chi connectivity index (χ2n) is 5.24. The van der Waals surface area contributed by atoms with Crippen molar-refractivity contribution in [3.8, 4) is 11.4 Å². The summed E-state index contributed by atoms with van der Waals surface area (Å²) in [4.78, 5) is 4.54. The first kappa shape index (κ1) is 10.3. The van der Waals surface area contributed by atoms with E-state index in [2.05, 4.69) is 15.5 Å². The molecule has 2 fully saturated rings. The summed E-state index contributed by atoms with van der Waals surface area (Å²) in [5.41, 5.74) is 1.01. The van der Waals surface area contributed by atoms with Crippen LogP contribution >= 0.6 is 0 Å². The van der Waals surface area contributed by atoms with Crippen molar-refractivity contribution in [1.82, 2.24) is 15.5 Å². The molecule has 18 heavy (non-hydrogen) atoms. The van der Waals surface area contributed by atoms with E-state index in [0.29, 0.717) is 17.8 Å². The molecule has 92 valence electrons. The average Bonchev–Trinajstić information content (AvgIpc) is 3.15. The van der Waals surface area contributed by atoms with Gasteiger partial charge in [0.15, 0.2) is 0 Å². The van der Waals surface area contributed by atoms with Crippen LogP contribution in [0.1, 0.15) is 31.2 Å². The third-order valence-electron chi connectivity index (χ3n) is 4.10. The summed E-state index contributed by atoms with van der Waals surface area (Å²) in [6.45, 7) is 0. The lowest BCUT2D eigenvalue weighted by atomic mass is 10.0. The molecule has 2 bridgehead atoms. The Kier molecular flexibility index (Phi) is 2.23. The summed E-state index contributed by atoms with van der Waals surface area (Å²) in [7, 11) is 0. The Balaban J connectivity index is 1.63. The molecule has 4 nitrogen and oxygen atoms in total. The minimum atomic E-state index is 0.272. The normalized spacial score (nSPS) is 29.9. The molecule has 4 heteroatoms. The Hall–Kier alpha value is -1.68. The van der Waals surface area contributed by atoms with Gasteiger partial charge in [0.1, 0.15) is 0 Å². The van der Waals surface area contributed by atoms with Crippen molar-refractivity contribution in [2.75, 3.05) is 0 Å². The number of hydrogen-bond donors (Lipinski definition) is 1. The van der Waals surface area contributed by atoms with E-state index in [1.54, 1.807) is 0 Å². The summed E-state index contributed by atoms with van der Waals surface area (Å²) in [6, 6.07) is 10.9. The van der Waals surface area contributed by atoms with Gasteiger partial charge in [0, 0.05) is 11.6 Å². The summed E-state index contributed by atoms with van der Waals surface area (Å²) < 4.78 is 5.43. The van der Waals surface area contributed by atoms with Gasteiger partial charge in [0.25, 0.3) is 0 Å². The van der Waals surface area contributed by atoms with Crippen LogP contribution in [0.2, 0.25) is 0 Å². The Morgan fingerprint density at radius 2 is 2.06 bits per heavy atom. The molecule has 0 amide bonds. The van der Waals surface area contributed by atoms with E-state index in [0.717, 1.165) is 11.5 Å². The molecular weight excluding hydrogens is 226 g/mol. The first-order chi connectivity index (χ1) is 8.90. The number of nitrogens with one attached hydrogen (secondary N) is 1. The molecular formula is C14H15N3O. The third kappa shape index (κ3) is 1.56. The van der Waals surface area contributed by atoms with Crippen LogP contribution in [0.5, 0.6) is 0 Å². The average molecular weight is 241 g/mol. The molecule has 1 aliphatic heterocycles. The number of hydrogen-bond acceptors (Lipinski definition) is 4. The van der Waals surface area contributed by atoms with Crippen LogP contribution in [0.3, 0.4) is 0 Å². The molecule has 4 rings (SSSR count). The minimum absolute atomic E-state index is 0.272. The highest BCUT2D eigenvalue weighted by atomic mass is 16.5. The van der Waals surface area contributed by atoms with E-state index in [1.807, 2.05) is 30.3 Å². The fourth-order valence-corrected chi connectivity index (χ4v) is 3.20. The van der Waals surface area contributed by atoms with Crippen molar-refractivity contribution in [3.63, 3.8) is 0 Å². The van der Waals surface area contributed by atoms with E-state index in [4.69, 9.17) is 4.52 Å². The lowest BCUT2D eigenvalue weighted by Crippen LogP contribution is -2.28. The zero-order valence-corrected chi connectivity index (χ0v) is 10.0. The van der Waals surface area contributed by atoms with Gasteiger partial charge < -0.3 is 9.84 Å². The van der Waals surface area contributed by atoms with Crippen LogP contribution in [-0.4, -0.2) is 16.2 Å². The zero-order valence-electron chi connectivity index (χ0n) is 10.0. The first-order valence-electron chi connectivity index (χ1n) is 6.55. The number of aromatic nitrogens is 2. The monoisotopic (exact) mass is 241 g/mol. The fraction of sp³-hybridized carbons (Fsp3) is 0.429. The highest BCUT2D eigenvalue weighted by Gasteiger charge is 2.42. The molecule has 1 saturated heterocycles. The largest absolute Gasteiger partial charge is 0.337 e. The highest BCUT2D eigenvalue weighted by molar-refractivity contribution is 5.53. The fourth-order valence-electron chi connectivity index (χ4n) is 3.20. The number of fused-ring (bicyclic) bond motifs is 2. The lowest BCUT2D eigenvalue weighted by molar-refractivity contribution is 0.285. The maximum absolute atomic E-state index is 5.43. The van der Waals surface area contributed by atoms with E-state index < -0.39 is 0 Å². The van der Waals surface area contributed by atoms with Crippen LogP contribution in [0, 0.1) is 5.92 Å². The number of piperidine rings is 1. The van der Waals surface area contributed by atoms with E-state index in [9.17, 15) is 0 Å². The predicted octanol–water partition coefficient (Wildman–Crippen LogP) is 2.55. The molecule has 2 aromatic rings. The van der Waals surface area contributed by atoms with Gasteiger partial charge in [0.05, 0.1) is 6.04 Å². The van der Waals surface area contributed by atoms with Crippen LogP contribution in [0.25, 0.3) is 11.4 Å². The molecule has 0 spiro atoms. The predicted molar refractivity (Wildman–Crippen MR) is 66.7 cm³/mol. The van der Waals surface area contributed by atoms with Crippen LogP contribution in [-0.2, 0) is 0 Å². The molecule has 3 atom stereocenters. The van der Waals surface area contributed by atoms with Gasteiger partial charge in [-0.1, -0.05) is 35.5 Å².